The molecule has 0 heterocycles. The Kier molecular flexibility index (Phi) is 6.86. The van der Waals surface area contributed by atoms with E-state index in [2.05, 4.69) is 0 Å². The van der Waals surface area contributed by atoms with Gasteiger partial charge in [0.1, 0.15) is 5.75 Å². The summed E-state index contributed by atoms with van der Waals surface area (Å²) >= 11 is 5.99. The summed E-state index contributed by atoms with van der Waals surface area (Å²) in [5.74, 6) is 0.269. The first-order chi connectivity index (χ1) is 12.4. The van der Waals surface area contributed by atoms with Gasteiger partial charge in [0.05, 0.1) is 19.2 Å². The van der Waals surface area contributed by atoms with Gasteiger partial charge in [0.2, 0.25) is 0 Å². The highest BCUT2D eigenvalue weighted by molar-refractivity contribution is 6.32. The summed E-state index contributed by atoms with van der Waals surface area (Å²) in [4.78, 5) is 23.9. The van der Waals surface area contributed by atoms with Crippen LogP contribution in [0, 0.1) is 6.92 Å². The van der Waals surface area contributed by atoms with Crippen LogP contribution in [0.25, 0.3) is 0 Å². The zero-order valence-corrected chi connectivity index (χ0v) is 15.5. The van der Waals surface area contributed by atoms with E-state index in [1.165, 1.54) is 20.3 Å². The third kappa shape index (κ3) is 5.13. The zero-order valence-electron chi connectivity index (χ0n) is 14.7. The summed E-state index contributed by atoms with van der Waals surface area (Å²) in [6, 6.07) is 9.92. The van der Waals surface area contributed by atoms with Crippen LogP contribution in [0.5, 0.6) is 17.2 Å². The Morgan fingerprint density at radius 1 is 0.923 bits per heavy atom. The number of ether oxygens (including phenoxy) is 4. The van der Waals surface area contributed by atoms with Crippen molar-refractivity contribution in [2.75, 3.05) is 27.4 Å². The third-order valence-corrected chi connectivity index (χ3v) is 3.81. The van der Waals surface area contributed by atoms with Gasteiger partial charge in [0.15, 0.2) is 30.5 Å². The molecule has 2 rings (SSSR count). The highest BCUT2D eigenvalue weighted by Crippen LogP contribution is 2.28. The summed E-state index contributed by atoms with van der Waals surface area (Å²) in [5.41, 5.74) is 1.29. The number of hydrogen-bond acceptors (Lipinski definition) is 6. The third-order valence-electron chi connectivity index (χ3n) is 3.50. The lowest BCUT2D eigenvalue weighted by atomic mass is 10.1. The van der Waals surface area contributed by atoms with Crippen molar-refractivity contribution in [2.45, 2.75) is 6.92 Å². The zero-order chi connectivity index (χ0) is 19.1. The molecule has 0 bridgehead atoms. The standard InChI is InChI=1S/C19H19ClO6/c1-12-4-6-14(20)17(8-12)25-11-19(22)26-10-15(21)13-5-7-16(23-2)18(9-13)24-3/h4-9H,10-11H2,1-3H3. The molecule has 26 heavy (non-hydrogen) atoms. The predicted octanol–water partition coefficient (Wildman–Crippen LogP) is 3.47. The van der Waals surface area contributed by atoms with Gasteiger partial charge in [0, 0.05) is 5.56 Å². The Bertz CT molecular complexity index is 803. The fourth-order valence-corrected chi connectivity index (χ4v) is 2.31. The van der Waals surface area contributed by atoms with E-state index in [-0.39, 0.29) is 12.4 Å². The van der Waals surface area contributed by atoms with Crippen molar-refractivity contribution in [3.05, 3.63) is 52.5 Å². The second-order valence-electron chi connectivity index (χ2n) is 5.38. The van der Waals surface area contributed by atoms with E-state index in [1.807, 2.05) is 13.0 Å². The van der Waals surface area contributed by atoms with Crippen molar-refractivity contribution in [1.82, 2.24) is 0 Å². The molecule has 0 atom stereocenters. The molecule has 0 amide bonds. The van der Waals surface area contributed by atoms with Crippen LogP contribution < -0.4 is 14.2 Å². The molecule has 0 aliphatic carbocycles. The highest BCUT2D eigenvalue weighted by atomic mass is 35.5. The molecule has 0 N–H and O–H groups in total. The van der Waals surface area contributed by atoms with Crippen molar-refractivity contribution < 1.29 is 28.5 Å². The molecular formula is C19H19ClO6. The summed E-state index contributed by atoms with van der Waals surface area (Å²) < 4.78 is 20.5. The first-order valence-corrected chi connectivity index (χ1v) is 8.12. The van der Waals surface area contributed by atoms with E-state index in [1.54, 1.807) is 24.3 Å². The van der Waals surface area contributed by atoms with Gasteiger partial charge in [-0.25, -0.2) is 4.79 Å². The van der Waals surface area contributed by atoms with E-state index in [9.17, 15) is 9.59 Å². The SMILES string of the molecule is COc1ccc(C(=O)COC(=O)COc2cc(C)ccc2Cl)cc1OC. The Balaban J connectivity index is 1.88. The van der Waals surface area contributed by atoms with Gasteiger partial charge < -0.3 is 18.9 Å². The van der Waals surface area contributed by atoms with Crippen LogP contribution in [0.2, 0.25) is 5.02 Å². The molecule has 0 aliphatic rings. The Morgan fingerprint density at radius 3 is 2.35 bits per heavy atom. The Hall–Kier alpha value is -2.73. The average Bonchev–Trinajstić information content (AvgIpc) is 2.66. The van der Waals surface area contributed by atoms with Crippen LogP contribution in [0.15, 0.2) is 36.4 Å². The van der Waals surface area contributed by atoms with Crippen molar-refractivity contribution in [3.8, 4) is 17.2 Å². The number of methoxy groups -OCH3 is 2. The molecular weight excluding hydrogens is 360 g/mol. The molecule has 0 fully saturated rings. The van der Waals surface area contributed by atoms with E-state index < -0.39 is 12.6 Å². The number of rotatable bonds is 8. The van der Waals surface area contributed by atoms with Crippen LogP contribution in [0.4, 0.5) is 0 Å². The minimum Gasteiger partial charge on any atom is -0.493 e. The van der Waals surface area contributed by atoms with Crippen LogP contribution in [0.1, 0.15) is 15.9 Å². The highest BCUT2D eigenvalue weighted by Gasteiger charge is 2.14. The molecule has 0 unspecified atom stereocenters. The molecule has 0 saturated carbocycles. The van der Waals surface area contributed by atoms with Crippen LogP contribution in [-0.4, -0.2) is 39.2 Å². The van der Waals surface area contributed by atoms with Crippen molar-refractivity contribution in [1.29, 1.82) is 0 Å². The molecule has 0 aromatic heterocycles. The summed E-state index contributed by atoms with van der Waals surface area (Å²) in [6.45, 7) is 1.13. The van der Waals surface area contributed by atoms with Crippen molar-refractivity contribution >= 4 is 23.4 Å². The number of halogens is 1. The predicted molar refractivity (Wildman–Crippen MR) is 96.5 cm³/mol. The Morgan fingerprint density at radius 2 is 1.65 bits per heavy atom. The largest absolute Gasteiger partial charge is 0.493 e. The second-order valence-corrected chi connectivity index (χ2v) is 5.78. The number of Topliss-reactive ketones (excluding diaryl/α,β-unsaturated/α-hetero) is 1. The lowest BCUT2D eigenvalue weighted by Crippen LogP contribution is -2.19. The van der Waals surface area contributed by atoms with Crippen LogP contribution >= 0.6 is 11.6 Å². The number of hydrogen-bond donors (Lipinski definition) is 0. The van der Waals surface area contributed by atoms with Crippen molar-refractivity contribution in [2.24, 2.45) is 0 Å². The van der Waals surface area contributed by atoms with Gasteiger partial charge in [-0.3, -0.25) is 4.79 Å². The lowest BCUT2D eigenvalue weighted by Gasteiger charge is -2.10. The van der Waals surface area contributed by atoms with Gasteiger partial charge in [-0.15, -0.1) is 0 Å². The topological polar surface area (TPSA) is 71.1 Å². The van der Waals surface area contributed by atoms with Gasteiger partial charge in [-0.2, -0.15) is 0 Å². The van der Waals surface area contributed by atoms with Gasteiger partial charge >= 0.3 is 5.97 Å². The van der Waals surface area contributed by atoms with Crippen molar-refractivity contribution in [3.63, 3.8) is 0 Å². The molecule has 2 aromatic rings. The molecule has 6 nitrogen and oxygen atoms in total. The number of benzene rings is 2. The second kappa shape index (κ2) is 9.10. The van der Waals surface area contributed by atoms with Gasteiger partial charge in [-0.05, 0) is 42.8 Å². The summed E-state index contributed by atoms with van der Waals surface area (Å²) in [5, 5.41) is 0.393. The molecule has 2 aromatic carbocycles. The van der Waals surface area contributed by atoms with Crippen LogP contribution in [-0.2, 0) is 9.53 Å². The molecule has 0 spiro atoms. The van der Waals surface area contributed by atoms with E-state index >= 15 is 0 Å². The van der Waals surface area contributed by atoms with Crippen LogP contribution in [0.3, 0.4) is 0 Å². The molecule has 138 valence electrons. The Labute approximate surface area is 156 Å². The van der Waals surface area contributed by atoms with E-state index in [0.717, 1.165) is 5.56 Å². The number of ketones is 1. The average molecular weight is 379 g/mol. The lowest BCUT2D eigenvalue weighted by molar-refractivity contribution is -0.144. The molecule has 0 radical (unpaired) electrons. The smallest absolute Gasteiger partial charge is 0.344 e. The molecule has 0 saturated heterocycles. The van der Waals surface area contributed by atoms with E-state index in [0.29, 0.717) is 27.8 Å². The quantitative estimate of drug-likeness (QED) is 0.517. The maximum atomic E-state index is 12.2. The first kappa shape index (κ1) is 19.6. The normalized spacial score (nSPS) is 10.2. The minimum absolute atomic E-state index is 0.345. The molecule has 7 heteroatoms. The van der Waals surface area contributed by atoms with Gasteiger partial charge in [0.25, 0.3) is 0 Å². The molecule has 0 aliphatic heterocycles. The fourth-order valence-electron chi connectivity index (χ4n) is 2.14. The maximum Gasteiger partial charge on any atom is 0.344 e. The number of carbonyl (C=O) groups is 2. The van der Waals surface area contributed by atoms with Gasteiger partial charge in [-0.1, -0.05) is 17.7 Å². The summed E-state index contributed by atoms with van der Waals surface area (Å²) in [7, 11) is 2.97. The minimum atomic E-state index is -0.670. The first-order valence-electron chi connectivity index (χ1n) is 7.74. The number of carbonyl (C=O) groups excluding carboxylic acids is 2. The maximum absolute atomic E-state index is 12.2. The monoisotopic (exact) mass is 378 g/mol. The van der Waals surface area contributed by atoms with E-state index in [4.69, 9.17) is 30.5 Å². The fraction of sp³-hybridized carbons (Fsp3) is 0.263. The number of esters is 1. The summed E-state index contributed by atoms with van der Waals surface area (Å²) in [6.07, 6.45) is 0. The number of aryl methyl sites for hydroxylation is 1.